The van der Waals surface area contributed by atoms with E-state index >= 15 is 0 Å². The summed E-state index contributed by atoms with van der Waals surface area (Å²) in [6.07, 6.45) is 5.48. The van der Waals surface area contributed by atoms with Gasteiger partial charge >= 0.3 is 0 Å². The molecule has 1 aliphatic rings. The fourth-order valence-electron chi connectivity index (χ4n) is 3.08. The van der Waals surface area contributed by atoms with E-state index in [2.05, 4.69) is 19.1 Å². The smallest absolute Gasteiger partial charge is 0.178 e. The maximum atomic E-state index is 13.2. The van der Waals surface area contributed by atoms with Gasteiger partial charge < -0.3 is 4.74 Å². The van der Waals surface area contributed by atoms with Crippen LogP contribution in [0, 0.1) is 0 Å². The highest BCUT2D eigenvalue weighted by atomic mass is 32.2. The van der Waals surface area contributed by atoms with Gasteiger partial charge in [0.15, 0.2) is 4.93 Å². The van der Waals surface area contributed by atoms with Crippen molar-refractivity contribution in [3.8, 4) is 0 Å². The van der Waals surface area contributed by atoms with E-state index in [1.807, 2.05) is 48.5 Å². The fourth-order valence-corrected chi connectivity index (χ4v) is 4.73. The number of hydrogen-bond acceptors (Lipinski definition) is 2. The van der Waals surface area contributed by atoms with Crippen molar-refractivity contribution in [3.05, 3.63) is 66.2 Å². The number of hydrogen-bond donors (Lipinski definition) is 0. The van der Waals surface area contributed by atoms with Gasteiger partial charge in [0.1, 0.15) is 6.10 Å². The maximum absolute atomic E-state index is 13.2. The van der Waals surface area contributed by atoms with E-state index in [0.29, 0.717) is 0 Å². The van der Waals surface area contributed by atoms with E-state index in [1.54, 1.807) is 0 Å². The van der Waals surface area contributed by atoms with Gasteiger partial charge in [-0.05, 0) is 30.5 Å². The topological polar surface area (TPSA) is 29.6 Å². The van der Waals surface area contributed by atoms with E-state index in [1.165, 1.54) is 19.3 Å². The molecule has 0 aromatic heterocycles. The van der Waals surface area contributed by atoms with Gasteiger partial charge in [0.2, 0.25) is 0 Å². The van der Waals surface area contributed by atoms with Crippen molar-refractivity contribution in [1.82, 2.24) is 0 Å². The second-order valence-electron chi connectivity index (χ2n) is 6.11. The summed E-state index contributed by atoms with van der Waals surface area (Å²) < 4.78 is 19.2. The first-order valence-corrected chi connectivity index (χ1v) is 9.62. The van der Waals surface area contributed by atoms with Crippen LogP contribution in [0.1, 0.15) is 50.7 Å². The summed E-state index contributed by atoms with van der Waals surface area (Å²) >= 11 is 0. The largest absolute Gasteiger partial charge is 0.346 e. The summed E-state index contributed by atoms with van der Waals surface area (Å²) in [4.78, 5) is 0.317. The quantitative estimate of drug-likeness (QED) is 0.490. The highest BCUT2D eigenvalue weighted by Gasteiger charge is 2.61. The third-order valence-corrected chi connectivity index (χ3v) is 6.25. The van der Waals surface area contributed by atoms with E-state index in [0.717, 1.165) is 23.3 Å². The summed E-state index contributed by atoms with van der Waals surface area (Å²) in [7, 11) is -1.14. The van der Waals surface area contributed by atoms with Crippen LogP contribution in [0.15, 0.2) is 65.6 Å². The predicted molar refractivity (Wildman–Crippen MR) is 94.6 cm³/mol. The lowest BCUT2D eigenvalue weighted by molar-refractivity contribution is 0.337. The molecule has 1 heterocycles. The molecule has 3 heteroatoms. The molecule has 2 nitrogen and oxygen atoms in total. The van der Waals surface area contributed by atoms with Gasteiger partial charge in [-0.3, -0.25) is 4.21 Å². The molecule has 2 aromatic carbocycles. The number of unbranched alkanes of at least 4 members (excludes halogenated alkanes) is 3. The maximum Gasteiger partial charge on any atom is 0.178 e. The zero-order valence-electron chi connectivity index (χ0n) is 13.6. The van der Waals surface area contributed by atoms with Crippen LogP contribution in [0.25, 0.3) is 0 Å². The highest BCUT2D eigenvalue weighted by Crippen LogP contribution is 2.56. The molecule has 0 radical (unpaired) electrons. The molecule has 2 aromatic rings. The van der Waals surface area contributed by atoms with Crippen molar-refractivity contribution in [2.75, 3.05) is 0 Å². The van der Waals surface area contributed by atoms with Crippen molar-refractivity contribution >= 4 is 10.8 Å². The molecule has 0 amide bonds. The first-order valence-electron chi connectivity index (χ1n) is 8.47. The van der Waals surface area contributed by atoms with Crippen molar-refractivity contribution in [2.45, 2.75) is 55.0 Å². The first kappa shape index (κ1) is 16.4. The molecule has 0 bridgehead atoms. The average molecular weight is 328 g/mol. The number of benzene rings is 2. The van der Waals surface area contributed by atoms with Crippen LogP contribution in [0.3, 0.4) is 0 Å². The fraction of sp³-hybridized carbons (Fsp3) is 0.400. The zero-order chi connectivity index (χ0) is 16.1. The average Bonchev–Trinajstić information content (AvgIpc) is 3.35. The summed E-state index contributed by atoms with van der Waals surface area (Å²) in [5.41, 5.74) is 1.13. The van der Waals surface area contributed by atoms with Crippen molar-refractivity contribution in [1.29, 1.82) is 0 Å². The van der Waals surface area contributed by atoms with E-state index < -0.39 is 15.7 Å². The molecule has 0 aliphatic carbocycles. The Balaban J connectivity index is 1.79. The number of ether oxygens (including phenoxy) is 1. The summed E-state index contributed by atoms with van der Waals surface area (Å²) in [6, 6.07) is 19.9. The zero-order valence-corrected chi connectivity index (χ0v) is 14.4. The first-order chi connectivity index (χ1) is 11.3. The number of rotatable bonds is 8. The van der Waals surface area contributed by atoms with Gasteiger partial charge in [-0.15, -0.1) is 0 Å². The lowest BCUT2D eigenvalue weighted by Gasteiger charge is -2.13. The lowest BCUT2D eigenvalue weighted by atomic mass is 10.0. The van der Waals surface area contributed by atoms with Crippen LogP contribution in [0.4, 0.5) is 0 Å². The van der Waals surface area contributed by atoms with Gasteiger partial charge in [0.25, 0.3) is 0 Å². The molecule has 1 aliphatic heterocycles. The summed E-state index contributed by atoms with van der Waals surface area (Å²) in [6.45, 7) is 2.21. The molecule has 3 rings (SSSR count). The van der Waals surface area contributed by atoms with E-state index in [4.69, 9.17) is 4.74 Å². The van der Waals surface area contributed by atoms with Crippen LogP contribution < -0.4 is 0 Å². The minimum atomic E-state index is -1.14. The highest BCUT2D eigenvalue weighted by molar-refractivity contribution is 7.86. The summed E-state index contributed by atoms with van der Waals surface area (Å²) in [5.74, 6) is 0. The molecular weight excluding hydrogens is 304 g/mol. The van der Waals surface area contributed by atoms with E-state index in [-0.39, 0.29) is 6.10 Å². The van der Waals surface area contributed by atoms with Gasteiger partial charge in [-0.1, -0.05) is 74.7 Å². The Morgan fingerprint density at radius 1 is 0.957 bits per heavy atom. The molecule has 1 saturated heterocycles. The molecule has 0 saturated carbocycles. The lowest BCUT2D eigenvalue weighted by Crippen LogP contribution is -2.20. The predicted octanol–water partition coefficient (Wildman–Crippen LogP) is 5.23. The Morgan fingerprint density at radius 3 is 2.26 bits per heavy atom. The van der Waals surface area contributed by atoms with Crippen LogP contribution in [-0.4, -0.2) is 9.14 Å². The normalized spacial score (nSPS) is 24.3. The Bertz CT molecular complexity index is 641. The second kappa shape index (κ2) is 7.41. The molecular formula is C20H24O2S. The van der Waals surface area contributed by atoms with Crippen LogP contribution in [0.5, 0.6) is 0 Å². The summed E-state index contributed by atoms with van der Waals surface area (Å²) in [5, 5.41) is 0. The standard InChI is InChI=1S/C20H24O2S/c1-2-3-4-11-16-20(23(21)18-14-9-6-10-15-18)19(22-20)17-12-7-5-8-13-17/h5-10,12-15,19H,2-4,11,16H2,1H3. The van der Waals surface area contributed by atoms with E-state index in [9.17, 15) is 4.21 Å². The van der Waals surface area contributed by atoms with Crippen molar-refractivity contribution < 1.29 is 8.95 Å². The second-order valence-corrected chi connectivity index (χ2v) is 7.81. The number of epoxide rings is 1. The molecule has 0 spiro atoms. The Morgan fingerprint density at radius 2 is 1.61 bits per heavy atom. The molecule has 23 heavy (non-hydrogen) atoms. The van der Waals surface area contributed by atoms with Gasteiger partial charge in [0, 0.05) is 4.90 Å². The Labute approximate surface area is 141 Å². The third-order valence-electron chi connectivity index (χ3n) is 4.41. The molecule has 1 fully saturated rings. The van der Waals surface area contributed by atoms with Crippen molar-refractivity contribution in [3.63, 3.8) is 0 Å². The van der Waals surface area contributed by atoms with Gasteiger partial charge in [-0.2, -0.15) is 0 Å². The van der Waals surface area contributed by atoms with Crippen molar-refractivity contribution in [2.24, 2.45) is 0 Å². The molecule has 0 N–H and O–H groups in total. The molecule has 3 unspecified atom stereocenters. The SMILES string of the molecule is CCCCCCC1(S(=O)c2ccccc2)OC1c1ccccc1. The van der Waals surface area contributed by atoms with Crippen LogP contribution in [-0.2, 0) is 15.5 Å². The monoisotopic (exact) mass is 328 g/mol. The Kier molecular flexibility index (Phi) is 5.29. The van der Waals surface area contributed by atoms with Crippen LogP contribution in [0.2, 0.25) is 0 Å². The van der Waals surface area contributed by atoms with Gasteiger partial charge in [-0.25, -0.2) is 0 Å². The minimum Gasteiger partial charge on any atom is -0.346 e. The van der Waals surface area contributed by atoms with Crippen LogP contribution >= 0.6 is 0 Å². The minimum absolute atomic E-state index is 0.0497. The molecule has 3 atom stereocenters. The van der Waals surface area contributed by atoms with Gasteiger partial charge in [0.05, 0.1) is 10.8 Å². The third kappa shape index (κ3) is 3.56. The Hall–Kier alpha value is -1.45. The molecule has 122 valence electrons.